The Hall–Kier alpha value is -4.30. The number of rotatable bonds is 6. The SMILES string of the molecule is O=C(N/N=C/c1ccc(Oc2ccc([N+](=O)[O-])cc2Cl)cc1)c1ccc2ccccc2n1. The van der Waals surface area contributed by atoms with Gasteiger partial charge >= 0.3 is 0 Å². The third-order valence-electron chi connectivity index (χ3n) is 4.44. The average Bonchev–Trinajstić information content (AvgIpc) is 2.81. The Bertz CT molecular complexity index is 1340. The van der Waals surface area contributed by atoms with E-state index >= 15 is 0 Å². The Balaban J connectivity index is 1.37. The first-order valence-electron chi connectivity index (χ1n) is 9.41. The molecule has 0 aliphatic carbocycles. The Labute approximate surface area is 187 Å². The summed E-state index contributed by atoms with van der Waals surface area (Å²) in [5.74, 6) is 0.371. The van der Waals surface area contributed by atoms with E-state index in [-0.39, 0.29) is 16.4 Å². The molecule has 9 heteroatoms. The fourth-order valence-electron chi connectivity index (χ4n) is 2.85. The van der Waals surface area contributed by atoms with Crippen molar-refractivity contribution in [3.63, 3.8) is 0 Å². The van der Waals surface area contributed by atoms with Crippen molar-refractivity contribution in [1.29, 1.82) is 0 Å². The van der Waals surface area contributed by atoms with Crippen molar-refractivity contribution in [3.05, 3.63) is 105 Å². The number of hydrazone groups is 1. The number of hydrogen-bond acceptors (Lipinski definition) is 6. The molecule has 0 fully saturated rings. The first-order valence-corrected chi connectivity index (χ1v) is 9.78. The molecule has 0 bridgehead atoms. The van der Waals surface area contributed by atoms with Gasteiger partial charge < -0.3 is 4.74 Å². The number of pyridine rings is 1. The third kappa shape index (κ3) is 4.88. The Morgan fingerprint density at radius 3 is 2.59 bits per heavy atom. The van der Waals surface area contributed by atoms with Gasteiger partial charge in [-0.15, -0.1) is 0 Å². The summed E-state index contributed by atoms with van der Waals surface area (Å²) in [6, 6.07) is 21.8. The number of nitrogens with one attached hydrogen (secondary N) is 1. The van der Waals surface area contributed by atoms with Gasteiger partial charge in [0.15, 0.2) is 0 Å². The van der Waals surface area contributed by atoms with Crippen molar-refractivity contribution in [2.75, 3.05) is 0 Å². The molecule has 0 aliphatic heterocycles. The van der Waals surface area contributed by atoms with Crippen LogP contribution in [0.15, 0.2) is 84.0 Å². The van der Waals surface area contributed by atoms with Crippen LogP contribution in [0.5, 0.6) is 11.5 Å². The molecule has 1 heterocycles. The highest BCUT2D eigenvalue weighted by Crippen LogP contribution is 2.32. The molecule has 1 amide bonds. The van der Waals surface area contributed by atoms with Crippen LogP contribution in [0.25, 0.3) is 10.9 Å². The molecule has 0 spiro atoms. The maximum absolute atomic E-state index is 12.3. The predicted molar refractivity (Wildman–Crippen MR) is 121 cm³/mol. The second-order valence-electron chi connectivity index (χ2n) is 6.63. The number of para-hydroxylation sites is 1. The number of nitro groups is 1. The number of hydrogen-bond donors (Lipinski definition) is 1. The van der Waals surface area contributed by atoms with E-state index in [2.05, 4.69) is 15.5 Å². The zero-order valence-electron chi connectivity index (χ0n) is 16.4. The van der Waals surface area contributed by atoms with E-state index in [0.717, 1.165) is 16.5 Å². The van der Waals surface area contributed by atoms with Gasteiger partial charge in [-0.3, -0.25) is 14.9 Å². The third-order valence-corrected chi connectivity index (χ3v) is 4.74. The fraction of sp³-hybridized carbons (Fsp3) is 0. The molecule has 3 aromatic carbocycles. The molecular formula is C23H15ClN4O4. The van der Waals surface area contributed by atoms with Gasteiger partial charge in [-0.25, -0.2) is 10.4 Å². The molecule has 32 heavy (non-hydrogen) atoms. The van der Waals surface area contributed by atoms with Gasteiger partial charge in [0, 0.05) is 17.5 Å². The number of aromatic nitrogens is 1. The number of benzene rings is 3. The van der Waals surface area contributed by atoms with Crippen LogP contribution in [0.4, 0.5) is 5.69 Å². The van der Waals surface area contributed by atoms with Crippen molar-refractivity contribution in [2.24, 2.45) is 5.10 Å². The number of ether oxygens (including phenoxy) is 1. The van der Waals surface area contributed by atoms with Crippen LogP contribution < -0.4 is 10.2 Å². The summed E-state index contributed by atoms with van der Waals surface area (Å²) in [6.45, 7) is 0. The highest BCUT2D eigenvalue weighted by molar-refractivity contribution is 6.32. The van der Waals surface area contributed by atoms with Crippen molar-refractivity contribution >= 4 is 40.3 Å². The monoisotopic (exact) mass is 446 g/mol. The normalized spacial score (nSPS) is 10.9. The molecule has 4 rings (SSSR count). The first-order chi connectivity index (χ1) is 15.5. The minimum Gasteiger partial charge on any atom is -0.456 e. The lowest BCUT2D eigenvalue weighted by atomic mass is 10.2. The summed E-state index contributed by atoms with van der Waals surface area (Å²) in [5.41, 5.74) is 4.06. The van der Waals surface area contributed by atoms with Crippen LogP contribution in [0, 0.1) is 10.1 Å². The van der Waals surface area contributed by atoms with Crippen LogP contribution in [-0.2, 0) is 0 Å². The number of halogens is 1. The number of non-ortho nitro benzene ring substituents is 1. The van der Waals surface area contributed by atoms with Gasteiger partial charge in [-0.1, -0.05) is 35.9 Å². The molecule has 0 atom stereocenters. The summed E-state index contributed by atoms with van der Waals surface area (Å²) < 4.78 is 5.66. The minimum absolute atomic E-state index is 0.116. The molecule has 0 aliphatic rings. The number of carbonyl (C=O) groups excluding carboxylic acids is 1. The highest BCUT2D eigenvalue weighted by Gasteiger charge is 2.11. The van der Waals surface area contributed by atoms with Crippen molar-refractivity contribution in [3.8, 4) is 11.5 Å². The molecule has 158 valence electrons. The number of fused-ring (bicyclic) bond motifs is 1. The van der Waals surface area contributed by atoms with Crippen molar-refractivity contribution < 1.29 is 14.5 Å². The fourth-order valence-corrected chi connectivity index (χ4v) is 3.06. The number of amides is 1. The standard InChI is InChI=1S/C23H15ClN4O4/c24-19-13-17(28(30)31)8-12-22(19)32-18-9-5-15(6-10-18)14-25-27-23(29)21-11-7-16-3-1-2-4-20(16)26-21/h1-14H,(H,27,29)/b25-14+. The summed E-state index contributed by atoms with van der Waals surface area (Å²) in [7, 11) is 0. The van der Waals surface area contributed by atoms with Crippen LogP contribution >= 0.6 is 11.6 Å². The molecule has 0 unspecified atom stereocenters. The van der Waals surface area contributed by atoms with Crippen LogP contribution in [-0.4, -0.2) is 22.0 Å². The van der Waals surface area contributed by atoms with E-state index in [1.165, 1.54) is 24.4 Å². The van der Waals surface area contributed by atoms with E-state index in [4.69, 9.17) is 16.3 Å². The largest absolute Gasteiger partial charge is 0.456 e. The minimum atomic E-state index is -0.529. The number of nitro benzene ring substituents is 1. The second kappa shape index (κ2) is 9.23. The maximum atomic E-state index is 12.3. The lowest BCUT2D eigenvalue weighted by molar-refractivity contribution is -0.384. The lowest BCUT2D eigenvalue weighted by Gasteiger charge is -2.07. The Morgan fingerprint density at radius 1 is 1.06 bits per heavy atom. The van der Waals surface area contributed by atoms with E-state index < -0.39 is 10.8 Å². The topological polar surface area (TPSA) is 107 Å². The van der Waals surface area contributed by atoms with Gasteiger partial charge in [0.05, 0.1) is 21.7 Å². The first kappa shape index (κ1) is 21.0. The van der Waals surface area contributed by atoms with E-state index in [0.29, 0.717) is 11.5 Å². The summed E-state index contributed by atoms with van der Waals surface area (Å²) in [6.07, 6.45) is 1.49. The summed E-state index contributed by atoms with van der Waals surface area (Å²) in [4.78, 5) is 26.9. The van der Waals surface area contributed by atoms with Crippen molar-refractivity contribution in [1.82, 2.24) is 10.4 Å². The molecule has 8 nitrogen and oxygen atoms in total. The van der Waals surface area contributed by atoms with Gasteiger partial charge in [-0.05, 0) is 48.0 Å². The lowest BCUT2D eigenvalue weighted by Crippen LogP contribution is -2.18. The number of carbonyl (C=O) groups is 1. The summed E-state index contributed by atoms with van der Waals surface area (Å²) >= 11 is 6.04. The highest BCUT2D eigenvalue weighted by atomic mass is 35.5. The Kier molecular flexibility index (Phi) is 6.05. The average molecular weight is 447 g/mol. The van der Waals surface area contributed by atoms with Gasteiger partial charge in [0.1, 0.15) is 17.2 Å². The van der Waals surface area contributed by atoms with Gasteiger partial charge in [0.25, 0.3) is 11.6 Å². The molecule has 0 saturated heterocycles. The zero-order valence-corrected chi connectivity index (χ0v) is 17.2. The predicted octanol–water partition coefficient (Wildman–Crippen LogP) is 5.35. The van der Waals surface area contributed by atoms with Gasteiger partial charge in [-0.2, -0.15) is 5.10 Å². The van der Waals surface area contributed by atoms with E-state index in [1.54, 1.807) is 30.3 Å². The quantitative estimate of drug-likeness (QED) is 0.244. The smallest absolute Gasteiger partial charge is 0.289 e. The molecule has 1 aromatic heterocycles. The molecular weight excluding hydrogens is 432 g/mol. The van der Waals surface area contributed by atoms with Gasteiger partial charge in [0.2, 0.25) is 0 Å². The van der Waals surface area contributed by atoms with Crippen LogP contribution in [0.1, 0.15) is 16.1 Å². The van der Waals surface area contributed by atoms with Crippen LogP contribution in [0.3, 0.4) is 0 Å². The van der Waals surface area contributed by atoms with Crippen LogP contribution in [0.2, 0.25) is 5.02 Å². The van der Waals surface area contributed by atoms with Crippen molar-refractivity contribution in [2.45, 2.75) is 0 Å². The summed E-state index contributed by atoms with van der Waals surface area (Å²) in [5, 5.41) is 15.8. The molecule has 0 radical (unpaired) electrons. The zero-order chi connectivity index (χ0) is 22.5. The number of nitrogens with zero attached hydrogens (tertiary/aromatic N) is 3. The molecule has 1 N–H and O–H groups in total. The maximum Gasteiger partial charge on any atom is 0.289 e. The molecule has 4 aromatic rings. The van der Waals surface area contributed by atoms with E-state index in [1.807, 2.05) is 30.3 Å². The molecule has 0 saturated carbocycles. The van der Waals surface area contributed by atoms with E-state index in [9.17, 15) is 14.9 Å². The second-order valence-corrected chi connectivity index (χ2v) is 7.04. The Morgan fingerprint density at radius 2 is 1.84 bits per heavy atom.